The van der Waals surface area contributed by atoms with Crippen molar-refractivity contribution < 1.29 is 0 Å². The quantitative estimate of drug-likeness (QED) is 0.723. The van der Waals surface area contributed by atoms with Gasteiger partial charge in [-0.1, -0.05) is 61.5 Å². The molecular formula is C14H21NS. The second kappa shape index (κ2) is 6.31. The molecule has 1 aromatic carbocycles. The van der Waals surface area contributed by atoms with E-state index in [9.17, 15) is 0 Å². The Morgan fingerprint density at radius 3 is 2.44 bits per heavy atom. The summed E-state index contributed by atoms with van der Waals surface area (Å²) in [6.07, 6.45) is 9.23. The van der Waals surface area contributed by atoms with Crippen LogP contribution in [0.2, 0.25) is 0 Å². The molecule has 2 heteroatoms. The fourth-order valence-corrected chi connectivity index (χ4v) is 3.26. The highest BCUT2D eigenvalue weighted by atomic mass is 32.2. The normalized spacial score (nSPS) is 17.9. The molecule has 1 aliphatic carbocycles. The molecular weight excluding hydrogens is 214 g/mol. The lowest BCUT2D eigenvalue weighted by Crippen LogP contribution is -2.30. The Bertz CT molecular complexity index is 293. The Hall–Kier alpha value is -0.470. The Morgan fingerprint density at radius 2 is 1.81 bits per heavy atom. The van der Waals surface area contributed by atoms with Crippen molar-refractivity contribution in [1.29, 1.82) is 0 Å². The fraction of sp³-hybridized carbons (Fsp3) is 0.571. The van der Waals surface area contributed by atoms with Crippen LogP contribution in [0.3, 0.4) is 0 Å². The third kappa shape index (κ3) is 3.26. The zero-order valence-corrected chi connectivity index (χ0v) is 10.9. The lowest BCUT2D eigenvalue weighted by Gasteiger charge is -2.32. The van der Waals surface area contributed by atoms with Gasteiger partial charge in [-0.15, -0.1) is 0 Å². The molecule has 2 rings (SSSR count). The van der Waals surface area contributed by atoms with Crippen LogP contribution in [0.25, 0.3) is 0 Å². The molecule has 0 saturated heterocycles. The third-order valence-corrected chi connectivity index (χ3v) is 4.29. The van der Waals surface area contributed by atoms with E-state index in [1.807, 2.05) is 11.9 Å². The Balaban J connectivity index is 1.94. The predicted octanol–water partition coefficient (Wildman–Crippen LogP) is 4.10. The van der Waals surface area contributed by atoms with Gasteiger partial charge in [0, 0.05) is 12.6 Å². The first-order valence-electron chi connectivity index (χ1n) is 6.25. The lowest BCUT2D eigenvalue weighted by molar-refractivity contribution is 0.268. The molecule has 0 unspecified atom stereocenters. The smallest absolute Gasteiger partial charge is 0.0343 e. The summed E-state index contributed by atoms with van der Waals surface area (Å²) >= 11 is 1.90. The van der Waals surface area contributed by atoms with E-state index in [4.69, 9.17) is 0 Å². The molecule has 1 aliphatic rings. The maximum absolute atomic E-state index is 2.56. The van der Waals surface area contributed by atoms with E-state index in [-0.39, 0.29) is 0 Å². The summed E-state index contributed by atoms with van der Waals surface area (Å²) < 4.78 is 2.56. The van der Waals surface area contributed by atoms with Gasteiger partial charge >= 0.3 is 0 Å². The molecule has 1 fully saturated rings. The van der Waals surface area contributed by atoms with Gasteiger partial charge in [-0.05, 0) is 24.7 Å². The van der Waals surface area contributed by atoms with Crippen LogP contribution < -0.4 is 0 Å². The summed E-state index contributed by atoms with van der Waals surface area (Å²) in [5, 5.41) is 0. The van der Waals surface area contributed by atoms with E-state index in [1.165, 1.54) is 37.7 Å². The van der Waals surface area contributed by atoms with Crippen LogP contribution in [-0.2, 0) is 6.54 Å². The maximum Gasteiger partial charge on any atom is 0.0343 e. The average molecular weight is 235 g/mol. The first-order valence-corrected chi connectivity index (χ1v) is 7.43. The highest BCUT2D eigenvalue weighted by Crippen LogP contribution is 2.27. The largest absolute Gasteiger partial charge is 0.243 e. The summed E-state index contributed by atoms with van der Waals surface area (Å²) in [5.41, 5.74) is 1.43. The second-order valence-corrected chi connectivity index (χ2v) is 5.37. The van der Waals surface area contributed by atoms with Gasteiger partial charge in [0.1, 0.15) is 0 Å². The van der Waals surface area contributed by atoms with Gasteiger partial charge in [0.05, 0.1) is 0 Å². The van der Waals surface area contributed by atoms with Crippen molar-refractivity contribution in [1.82, 2.24) is 4.31 Å². The van der Waals surface area contributed by atoms with Crippen molar-refractivity contribution in [3.8, 4) is 0 Å². The van der Waals surface area contributed by atoms with E-state index >= 15 is 0 Å². The zero-order valence-electron chi connectivity index (χ0n) is 10.1. The fourth-order valence-electron chi connectivity index (χ4n) is 2.48. The lowest BCUT2D eigenvalue weighted by atomic mass is 9.95. The number of benzene rings is 1. The SMILES string of the molecule is CSN(Cc1ccccc1)C1CCCCC1. The molecule has 0 amide bonds. The van der Waals surface area contributed by atoms with Crippen molar-refractivity contribution in [3.63, 3.8) is 0 Å². The van der Waals surface area contributed by atoms with Crippen LogP contribution in [0.5, 0.6) is 0 Å². The third-order valence-electron chi connectivity index (χ3n) is 3.40. The van der Waals surface area contributed by atoms with Crippen LogP contribution in [0.1, 0.15) is 37.7 Å². The standard InChI is InChI=1S/C14H21NS/c1-16-15(14-10-6-3-7-11-14)12-13-8-4-2-5-9-13/h2,4-5,8-9,14H,3,6-7,10-12H2,1H3. The Kier molecular flexibility index (Phi) is 4.73. The van der Waals surface area contributed by atoms with Gasteiger partial charge in [0.2, 0.25) is 0 Å². The number of rotatable bonds is 4. The van der Waals surface area contributed by atoms with Crippen molar-refractivity contribution in [2.75, 3.05) is 6.26 Å². The van der Waals surface area contributed by atoms with E-state index < -0.39 is 0 Å². The van der Waals surface area contributed by atoms with E-state index in [1.54, 1.807) is 0 Å². The number of nitrogens with zero attached hydrogens (tertiary/aromatic N) is 1. The zero-order chi connectivity index (χ0) is 11.2. The van der Waals surface area contributed by atoms with Gasteiger partial charge in [-0.2, -0.15) is 0 Å². The van der Waals surface area contributed by atoms with Crippen molar-refractivity contribution >= 4 is 11.9 Å². The molecule has 1 nitrogen and oxygen atoms in total. The number of hydrogen-bond donors (Lipinski definition) is 0. The maximum atomic E-state index is 2.56. The summed E-state index contributed by atoms with van der Waals surface area (Å²) in [6.45, 7) is 1.09. The summed E-state index contributed by atoms with van der Waals surface area (Å²) in [4.78, 5) is 0. The minimum absolute atomic E-state index is 0.795. The van der Waals surface area contributed by atoms with Crippen molar-refractivity contribution in [2.45, 2.75) is 44.7 Å². The molecule has 88 valence electrons. The van der Waals surface area contributed by atoms with Gasteiger partial charge in [0.25, 0.3) is 0 Å². The molecule has 0 atom stereocenters. The monoisotopic (exact) mass is 235 g/mol. The molecule has 0 aromatic heterocycles. The summed E-state index contributed by atoms with van der Waals surface area (Å²) in [5.74, 6) is 0. The van der Waals surface area contributed by atoms with Crippen LogP contribution in [0.4, 0.5) is 0 Å². The molecule has 0 bridgehead atoms. The highest BCUT2D eigenvalue weighted by molar-refractivity contribution is 7.96. The molecule has 0 N–H and O–H groups in total. The first kappa shape index (κ1) is 12.0. The van der Waals surface area contributed by atoms with Gasteiger partial charge < -0.3 is 0 Å². The van der Waals surface area contributed by atoms with Gasteiger partial charge in [-0.3, -0.25) is 0 Å². The second-order valence-electron chi connectivity index (χ2n) is 4.54. The van der Waals surface area contributed by atoms with Crippen LogP contribution >= 0.6 is 11.9 Å². The van der Waals surface area contributed by atoms with E-state index in [0.29, 0.717) is 0 Å². The molecule has 0 radical (unpaired) electrons. The molecule has 16 heavy (non-hydrogen) atoms. The Labute approximate surface area is 103 Å². The van der Waals surface area contributed by atoms with Crippen molar-refractivity contribution in [3.05, 3.63) is 35.9 Å². The minimum atomic E-state index is 0.795. The Morgan fingerprint density at radius 1 is 1.12 bits per heavy atom. The molecule has 1 saturated carbocycles. The molecule has 0 aliphatic heterocycles. The molecule has 0 spiro atoms. The summed E-state index contributed by atoms with van der Waals surface area (Å²) in [6, 6.07) is 11.6. The molecule has 0 heterocycles. The van der Waals surface area contributed by atoms with Crippen molar-refractivity contribution in [2.24, 2.45) is 0 Å². The molecule has 1 aromatic rings. The van der Waals surface area contributed by atoms with Gasteiger partial charge in [0.15, 0.2) is 0 Å². The average Bonchev–Trinajstić information content (AvgIpc) is 2.38. The van der Waals surface area contributed by atoms with Crippen LogP contribution in [0, 0.1) is 0 Å². The summed E-state index contributed by atoms with van der Waals surface area (Å²) in [7, 11) is 0. The van der Waals surface area contributed by atoms with Gasteiger partial charge in [-0.25, -0.2) is 4.31 Å². The topological polar surface area (TPSA) is 3.24 Å². The first-order chi connectivity index (χ1) is 7.90. The van der Waals surface area contributed by atoms with Crippen LogP contribution in [-0.4, -0.2) is 16.6 Å². The highest BCUT2D eigenvalue weighted by Gasteiger charge is 2.20. The predicted molar refractivity (Wildman–Crippen MR) is 72.4 cm³/mol. The number of hydrogen-bond acceptors (Lipinski definition) is 2. The van der Waals surface area contributed by atoms with E-state index in [0.717, 1.165) is 12.6 Å². The van der Waals surface area contributed by atoms with E-state index in [2.05, 4.69) is 40.9 Å². The minimum Gasteiger partial charge on any atom is -0.243 e. The van der Waals surface area contributed by atoms with Crippen LogP contribution in [0.15, 0.2) is 30.3 Å².